The molecule has 0 aromatic heterocycles. The number of carbonyl (C=O) groups is 2. The summed E-state index contributed by atoms with van der Waals surface area (Å²) in [4.78, 5) is 22.9. The Balaban J connectivity index is 2.30. The third-order valence-corrected chi connectivity index (χ3v) is 3.33. The second-order valence-corrected chi connectivity index (χ2v) is 4.77. The van der Waals surface area contributed by atoms with Crippen LogP contribution in [0.4, 0.5) is 0 Å². The number of nitrogens with one attached hydrogen (secondary N) is 1. The van der Waals surface area contributed by atoms with E-state index in [0.717, 1.165) is 5.56 Å². The standard InChI is InChI=1S/C14H18BNO5/c1-3-12(17)16-11-8-9-6-5-7-10(14(18)19)13(9)21-15(11)20-4-2/h5-7,11H,3-4,8H2,1-2H3,(H,16,17)(H,18,19). The highest BCUT2D eigenvalue weighted by atomic mass is 16.6. The number of fused-ring (bicyclic) bond motifs is 1. The highest BCUT2D eigenvalue weighted by Crippen LogP contribution is 2.30. The van der Waals surface area contributed by atoms with E-state index in [1.165, 1.54) is 6.07 Å². The lowest BCUT2D eigenvalue weighted by atomic mass is 9.71. The minimum atomic E-state index is -1.04. The summed E-state index contributed by atoms with van der Waals surface area (Å²) in [5.74, 6) is -1.14. The largest absolute Gasteiger partial charge is 0.549 e. The predicted molar refractivity (Wildman–Crippen MR) is 77.3 cm³/mol. The molecule has 0 spiro atoms. The van der Waals surface area contributed by atoms with Gasteiger partial charge in [-0.15, -0.1) is 0 Å². The van der Waals surface area contributed by atoms with Crippen molar-refractivity contribution in [3.05, 3.63) is 29.3 Å². The molecule has 1 aromatic carbocycles. The molecule has 1 amide bonds. The minimum Gasteiger partial charge on any atom is -0.534 e. The van der Waals surface area contributed by atoms with Crippen molar-refractivity contribution in [2.45, 2.75) is 32.6 Å². The minimum absolute atomic E-state index is 0.0915. The van der Waals surface area contributed by atoms with E-state index < -0.39 is 13.1 Å². The Hall–Kier alpha value is -2.02. The van der Waals surface area contributed by atoms with E-state index in [1.54, 1.807) is 19.1 Å². The summed E-state index contributed by atoms with van der Waals surface area (Å²) in [5.41, 5.74) is 0.865. The van der Waals surface area contributed by atoms with Crippen molar-refractivity contribution in [2.75, 3.05) is 6.61 Å². The summed E-state index contributed by atoms with van der Waals surface area (Å²) < 4.78 is 11.2. The fourth-order valence-corrected chi connectivity index (χ4v) is 2.33. The van der Waals surface area contributed by atoms with Crippen LogP contribution in [-0.2, 0) is 15.9 Å². The molecule has 0 fully saturated rings. The van der Waals surface area contributed by atoms with Crippen molar-refractivity contribution in [1.82, 2.24) is 5.32 Å². The summed E-state index contributed by atoms with van der Waals surface area (Å²) in [6, 6.07) is 4.97. The lowest BCUT2D eigenvalue weighted by Crippen LogP contribution is -2.54. The van der Waals surface area contributed by atoms with Crippen LogP contribution in [0.1, 0.15) is 36.2 Å². The van der Waals surface area contributed by atoms with Gasteiger partial charge in [0.1, 0.15) is 5.75 Å². The molecule has 1 atom stereocenters. The van der Waals surface area contributed by atoms with Crippen LogP contribution in [0.25, 0.3) is 0 Å². The van der Waals surface area contributed by atoms with E-state index in [0.29, 0.717) is 25.2 Å². The van der Waals surface area contributed by atoms with Crippen LogP contribution in [0.2, 0.25) is 0 Å². The van der Waals surface area contributed by atoms with Crippen LogP contribution in [0, 0.1) is 0 Å². The molecule has 1 aromatic rings. The van der Waals surface area contributed by atoms with Gasteiger partial charge >= 0.3 is 13.1 Å². The SMILES string of the molecule is CCOB1Oc2c(cccc2C(=O)O)CC1NC(=O)CC. The van der Waals surface area contributed by atoms with Gasteiger partial charge in [-0.2, -0.15) is 0 Å². The molecule has 21 heavy (non-hydrogen) atoms. The Morgan fingerprint density at radius 3 is 2.86 bits per heavy atom. The predicted octanol–water partition coefficient (Wildman–Crippen LogP) is 1.28. The summed E-state index contributed by atoms with van der Waals surface area (Å²) in [6.07, 6.45) is 0.851. The van der Waals surface area contributed by atoms with Crippen LogP contribution >= 0.6 is 0 Å². The number of hydrogen-bond acceptors (Lipinski definition) is 4. The van der Waals surface area contributed by atoms with Gasteiger partial charge in [0, 0.05) is 13.0 Å². The normalized spacial score (nSPS) is 16.9. The van der Waals surface area contributed by atoms with Crippen LogP contribution in [0.5, 0.6) is 5.75 Å². The van der Waals surface area contributed by atoms with Gasteiger partial charge < -0.3 is 19.7 Å². The molecule has 0 aliphatic carbocycles. The van der Waals surface area contributed by atoms with Crippen LogP contribution < -0.4 is 9.97 Å². The molecule has 2 rings (SSSR count). The van der Waals surface area contributed by atoms with Crippen molar-refractivity contribution < 1.29 is 24.0 Å². The zero-order valence-electron chi connectivity index (χ0n) is 12.1. The number of carboxylic acid groups (broad SMARTS) is 1. The van der Waals surface area contributed by atoms with Gasteiger partial charge in [-0.1, -0.05) is 19.1 Å². The maximum Gasteiger partial charge on any atom is 0.549 e. The van der Waals surface area contributed by atoms with Gasteiger partial charge in [-0.3, -0.25) is 4.79 Å². The number of aromatic carboxylic acids is 1. The lowest BCUT2D eigenvalue weighted by Gasteiger charge is -2.31. The van der Waals surface area contributed by atoms with Crippen molar-refractivity contribution in [2.24, 2.45) is 0 Å². The Morgan fingerprint density at radius 2 is 2.24 bits per heavy atom. The van der Waals surface area contributed by atoms with Gasteiger partial charge in [-0.25, -0.2) is 4.79 Å². The quantitative estimate of drug-likeness (QED) is 0.798. The molecule has 0 saturated carbocycles. The topological polar surface area (TPSA) is 84.9 Å². The molecule has 112 valence electrons. The number of carbonyl (C=O) groups excluding carboxylic acids is 1. The third kappa shape index (κ3) is 3.36. The number of para-hydroxylation sites is 1. The fraction of sp³-hybridized carbons (Fsp3) is 0.429. The molecule has 6 nitrogen and oxygen atoms in total. The van der Waals surface area contributed by atoms with E-state index in [9.17, 15) is 14.7 Å². The lowest BCUT2D eigenvalue weighted by molar-refractivity contribution is -0.121. The highest BCUT2D eigenvalue weighted by molar-refractivity contribution is 6.48. The summed E-state index contributed by atoms with van der Waals surface area (Å²) >= 11 is 0. The van der Waals surface area contributed by atoms with E-state index in [-0.39, 0.29) is 17.4 Å². The Morgan fingerprint density at radius 1 is 1.48 bits per heavy atom. The summed E-state index contributed by atoms with van der Waals surface area (Å²) in [6.45, 7) is 4.00. The van der Waals surface area contributed by atoms with Crippen LogP contribution in [0.3, 0.4) is 0 Å². The molecule has 0 radical (unpaired) electrons. The van der Waals surface area contributed by atoms with Gasteiger partial charge in [0.25, 0.3) is 0 Å². The molecule has 2 N–H and O–H groups in total. The van der Waals surface area contributed by atoms with Crippen molar-refractivity contribution in [1.29, 1.82) is 0 Å². The second-order valence-electron chi connectivity index (χ2n) is 4.77. The maximum absolute atomic E-state index is 11.6. The molecule has 1 aliphatic rings. The number of hydrogen-bond donors (Lipinski definition) is 2. The average Bonchev–Trinajstić information content (AvgIpc) is 2.47. The Labute approximate surface area is 123 Å². The molecular weight excluding hydrogens is 273 g/mol. The van der Waals surface area contributed by atoms with E-state index in [1.807, 2.05) is 6.92 Å². The first-order chi connectivity index (χ1) is 10.1. The molecule has 1 heterocycles. The maximum atomic E-state index is 11.6. The van der Waals surface area contributed by atoms with Gasteiger partial charge in [-0.05, 0) is 25.0 Å². The third-order valence-electron chi connectivity index (χ3n) is 3.33. The van der Waals surface area contributed by atoms with Crippen LogP contribution in [-0.4, -0.2) is 36.6 Å². The van der Waals surface area contributed by atoms with Crippen molar-refractivity contribution in [3.63, 3.8) is 0 Å². The summed E-state index contributed by atoms with van der Waals surface area (Å²) in [5, 5.41) is 12.1. The van der Waals surface area contributed by atoms with E-state index in [4.69, 9.17) is 9.31 Å². The zero-order chi connectivity index (χ0) is 15.4. The first kappa shape index (κ1) is 15.4. The van der Waals surface area contributed by atoms with E-state index >= 15 is 0 Å². The first-order valence-corrected chi connectivity index (χ1v) is 6.99. The number of benzene rings is 1. The zero-order valence-corrected chi connectivity index (χ0v) is 12.1. The molecule has 7 heteroatoms. The van der Waals surface area contributed by atoms with Crippen LogP contribution in [0.15, 0.2) is 18.2 Å². The van der Waals surface area contributed by atoms with Gasteiger partial charge in [0.15, 0.2) is 0 Å². The summed E-state index contributed by atoms with van der Waals surface area (Å²) in [7, 11) is -0.682. The molecule has 0 saturated heterocycles. The first-order valence-electron chi connectivity index (χ1n) is 6.99. The number of rotatable bonds is 5. The van der Waals surface area contributed by atoms with Gasteiger partial charge in [0.05, 0.1) is 11.5 Å². The second kappa shape index (κ2) is 6.63. The molecule has 0 bridgehead atoms. The highest BCUT2D eigenvalue weighted by Gasteiger charge is 2.39. The van der Waals surface area contributed by atoms with Crippen molar-refractivity contribution >= 4 is 19.0 Å². The molecule has 1 aliphatic heterocycles. The molecule has 1 unspecified atom stereocenters. The Bertz CT molecular complexity index is 548. The average molecular weight is 291 g/mol. The van der Waals surface area contributed by atoms with Crippen molar-refractivity contribution in [3.8, 4) is 5.75 Å². The Kier molecular flexibility index (Phi) is 4.85. The smallest absolute Gasteiger partial charge is 0.534 e. The van der Waals surface area contributed by atoms with Gasteiger partial charge in [0.2, 0.25) is 5.91 Å². The molecular formula is C14H18BNO5. The fourth-order valence-electron chi connectivity index (χ4n) is 2.33. The number of amides is 1. The number of carboxylic acids is 1. The monoisotopic (exact) mass is 291 g/mol. The van der Waals surface area contributed by atoms with E-state index in [2.05, 4.69) is 5.32 Å².